The summed E-state index contributed by atoms with van der Waals surface area (Å²) < 4.78 is 0. The van der Waals surface area contributed by atoms with Gasteiger partial charge in [-0.25, -0.2) is 0 Å². The summed E-state index contributed by atoms with van der Waals surface area (Å²) in [5, 5.41) is 8.00. The molecular formula is C38H28BN. The maximum atomic E-state index is 2.53. The second-order valence-corrected chi connectivity index (χ2v) is 12.6. The molecule has 0 radical (unpaired) electrons. The molecule has 0 unspecified atom stereocenters. The Balaban J connectivity index is 1.37. The third-order valence-corrected chi connectivity index (χ3v) is 9.35. The van der Waals surface area contributed by atoms with Gasteiger partial charge in [0.05, 0.1) is 5.69 Å². The Morgan fingerprint density at radius 1 is 0.525 bits per heavy atom. The molecule has 188 valence electrons. The lowest BCUT2D eigenvalue weighted by Crippen LogP contribution is -2.54. The summed E-state index contributed by atoms with van der Waals surface area (Å²) in [6.07, 6.45) is 0. The molecule has 0 atom stereocenters. The van der Waals surface area contributed by atoms with Gasteiger partial charge < -0.3 is 4.90 Å². The van der Waals surface area contributed by atoms with E-state index >= 15 is 0 Å². The van der Waals surface area contributed by atoms with Crippen molar-refractivity contribution >= 4 is 72.5 Å². The zero-order chi connectivity index (χ0) is 26.7. The van der Waals surface area contributed by atoms with Crippen molar-refractivity contribution in [3.05, 3.63) is 121 Å². The molecule has 2 aliphatic heterocycles. The summed E-state index contributed by atoms with van der Waals surface area (Å²) in [5.74, 6) is 0. The number of hydrogen-bond acceptors (Lipinski definition) is 1. The summed E-state index contributed by atoms with van der Waals surface area (Å²) in [5.41, 5.74) is 12.3. The highest BCUT2D eigenvalue weighted by Crippen LogP contribution is 2.46. The largest absolute Gasteiger partial charge is 0.311 e. The van der Waals surface area contributed by atoms with Crippen molar-refractivity contribution in [3.63, 3.8) is 0 Å². The molecular weight excluding hydrogens is 481 g/mol. The average molecular weight is 509 g/mol. The smallest absolute Gasteiger partial charge is 0.248 e. The van der Waals surface area contributed by atoms with Gasteiger partial charge in [-0.3, -0.25) is 0 Å². The Bertz CT molecular complexity index is 2150. The van der Waals surface area contributed by atoms with E-state index in [2.05, 4.69) is 141 Å². The quantitative estimate of drug-likeness (QED) is 0.159. The van der Waals surface area contributed by atoms with Gasteiger partial charge in [-0.05, 0) is 78.2 Å². The van der Waals surface area contributed by atoms with E-state index in [9.17, 15) is 0 Å². The number of para-hydroxylation sites is 1. The average Bonchev–Trinajstić information content (AvgIpc) is 3.31. The number of rotatable bonds is 1. The molecule has 0 saturated carbocycles. The first-order chi connectivity index (χ1) is 19.5. The minimum atomic E-state index is 0.106. The molecule has 0 N–H and O–H groups in total. The van der Waals surface area contributed by atoms with Crippen LogP contribution in [0.3, 0.4) is 0 Å². The molecule has 0 bridgehead atoms. The van der Waals surface area contributed by atoms with Crippen molar-refractivity contribution in [2.24, 2.45) is 0 Å². The number of hydrogen-bond donors (Lipinski definition) is 0. The number of nitrogens with zero attached hydrogens (tertiary/aromatic N) is 1. The molecule has 2 heterocycles. The van der Waals surface area contributed by atoms with Crippen LogP contribution in [0.25, 0.3) is 43.4 Å². The highest BCUT2D eigenvalue weighted by Gasteiger charge is 2.42. The second kappa shape index (κ2) is 7.55. The first kappa shape index (κ1) is 22.3. The van der Waals surface area contributed by atoms with Crippen LogP contribution in [0.1, 0.15) is 26.3 Å². The topological polar surface area (TPSA) is 3.24 Å². The fourth-order valence-electron chi connectivity index (χ4n) is 7.52. The molecule has 40 heavy (non-hydrogen) atoms. The fourth-order valence-corrected chi connectivity index (χ4v) is 7.52. The van der Waals surface area contributed by atoms with Crippen LogP contribution in [-0.4, -0.2) is 6.71 Å². The molecule has 2 aliphatic rings. The Hall–Kier alpha value is -4.56. The fraction of sp³-hybridized carbons (Fsp3) is 0.105. The molecule has 7 aromatic carbocycles. The predicted molar refractivity (Wildman–Crippen MR) is 174 cm³/mol. The molecule has 7 aromatic rings. The van der Waals surface area contributed by atoms with E-state index in [0.29, 0.717) is 0 Å². The zero-order valence-electron chi connectivity index (χ0n) is 23.0. The summed E-state index contributed by atoms with van der Waals surface area (Å²) in [6.45, 7) is 7.17. The Morgan fingerprint density at radius 2 is 1.18 bits per heavy atom. The first-order valence-corrected chi connectivity index (χ1v) is 14.3. The zero-order valence-corrected chi connectivity index (χ0v) is 23.0. The van der Waals surface area contributed by atoms with E-state index in [4.69, 9.17) is 0 Å². The number of anilines is 3. The van der Waals surface area contributed by atoms with Gasteiger partial charge in [-0.1, -0.05) is 123 Å². The van der Waals surface area contributed by atoms with E-state index in [1.165, 1.54) is 82.5 Å². The summed E-state index contributed by atoms with van der Waals surface area (Å²) in [6, 6.07) is 43.6. The third kappa shape index (κ3) is 2.78. The minimum Gasteiger partial charge on any atom is -0.311 e. The lowest BCUT2D eigenvalue weighted by atomic mass is 9.37. The van der Waals surface area contributed by atoms with Crippen molar-refractivity contribution in [2.45, 2.75) is 26.2 Å². The van der Waals surface area contributed by atoms with Gasteiger partial charge in [0.15, 0.2) is 0 Å². The van der Waals surface area contributed by atoms with Crippen LogP contribution >= 0.6 is 0 Å². The second-order valence-electron chi connectivity index (χ2n) is 12.6. The van der Waals surface area contributed by atoms with E-state index in [1.54, 1.807) is 0 Å². The standard InChI is InChI=1S/C38H28BN/c1-38(2,3)26-21-24-16-15-23-18-20-32(29-19-17-25(22-26)35(24)36(23)29)40-33-13-7-6-12-31(33)39-30-11-5-4-9-27(30)28-10-8-14-34(40)37(28)39/h4-22H,1-3H3. The van der Waals surface area contributed by atoms with Crippen molar-refractivity contribution in [1.82, 2.24) is 0 Å². The molecule has 0 amide bonds. The van der Waals surface area contributed by atoms with Crippen molar-refractivity contribution in [1.29, 1.82) is 0 Å². The van der Waals surface area contributed by atoms with Crippen molar-refractivity contribution in [2.75, 3.05) is 4.90 Å². The Labute approximate surface area is 235 Å². The van der Waals surface area contributed by atoms with Gasteiger partial charge in [0, 0.05) is 16.8 Å². The molecule has 0 aromatic heterocycles. The lowest BCUT2D eigenvalue weighted by Gasteiger charge is -2.36. The maximum absolute atomic E-state index is 2.53. The molecule has 1 nitrogen and oxygen atoms in total. The maximum Gasteiger partial charge on any atom is 0.248 e. The van der Waals surface area contributed by atoms with E-state index in [-0.39, 0.29) is 12.1 Å². The van der Waals surface area contributed by atoms with Crippen LogP contribution < -0.4 is 21.3 Å². The van der Waals surface area contributed by atoms with Gasteiger partial charge in [0.1, 0.15) is 0 Å². The highest BCUT2D eigenvalue weighted by molar-refractivity contribution is 7.01. The molecule has 0 aliphatic carbocycles. The number of fused-ring (bicyclic) bond motifs is 5. The molecule has 0 saturated heterocycles. The van der Waals surface area contributed by atoms with Gasteiger partial charge >= 0.3 is 0 Å². The minimum absolute atomic E-state index is 0.106. The van der Waals surface area contributed by atoms with Gasteiger partial charge in [0.25, 0.3) is 0 Å². The van der Waals surface area contributed by atoms with Crippen LogP contribution in [-0.2, 0) is 5.41 Å². The monoisotopic (exact) mass is 509 g/mol. The summed E-state index contributed by atoms with van der Waals surface area (Å²) >= 11 is 0. The van der Waals surface area contributed by atoms with E-state index < -0.39 is 0 Å². The van der Waals surface area contributed by atoms with E-state index in [0.717, 1.165) is 0 Å². The normalized spacial score (nSPS) is 13.8. The SMILES string of the molecule is CC(C)(C)c1cc2ccc3ccc(N4c5ccccc5B5c6ccccc6-c6cccc4c65)c4ccc(c1)c2c34. The third-order valence-electron chi connectivity index (χ3n) is 9.35. The lowest BCUT2D eigenvalue weighted by molar-refractivity contribution is 0.591. The van der Waals surface area contributed by atoms with E-state index in [1.807, 2.05) is 0 Å². The van der Waals surface area contributed by atoms with Gasteiger partial charge in [-0.15, -0.1) is 0 Å². The van der Waals surface area contributed by atoms with Gasteiger partial charge in [-0.2, -0.15) is 0 Å². The highest BCUT2D eigenvalue weighted by atomic mass is 15.2. The van der Waals surface area contributed by atoms with Crippen LogP contribution in [0.15, 0.2) is 115 Å². The molecule has 9 rings (SSSR count). The van der Waals surface area contributed by atoms with Crippen LogP contribution in [0.2, 0.25) is 0 Å². The predicted octanol–water partition coefficient (Wildman–Crippen LogP) is 8.16. The molecule has 0 fully saturated rings. The van der Waals surface area contributed by atoms with Crippen molar-refractivity contribution in [3.8, 4) is 11.1 Å². The molecule has 2 heteroatoms. The van der Waals surface area contributed by atoms with Crippen molar-refractivity contribution < 1.29 is 0 Å². The van der Waals surface area contributed by atoms with Crippen LogP contribution in [0.5, 0.6) is 0 Å². The first-order valence-electron chi connectivity index (χ1n) is 14.3. The van der Waals surface area contributed by atoms with Crippen LogP contribution in [0, 0.1) is 0 Å². The van der Waals surface area contributed by atoms with Crippen LogP contribution in [0.4, 0.5) is 17.1 Å². The number of benzene rings is 7. The summed E-state index contributed by atoms with van der Waals surface area (Å²) in [7, 11) is 0. The Morgan fingerprint density at radius 3 is 2.00 bits per heavy atom. The molecule has 0 spiro atoms. The van der Waals surface area contributed by atoms with Gasteiger partial charge in [0.2, 0.25) is 6.71 Å². The Kier molecular flexibility index (Phi) is 4.20. The summed E-state index contributed by atoms with van der Waals surface area (Å²) in [4.78, 5) is 2.53.